The summed E-state index contributed by atoms with van der Waals surface area (Å²) in [6.45, 7) is 0. The zero-order valence-corrected chi connectivity index (χ0v) is 5.39. The number of fused-ring (bicyclic) bond motifs is 1. The van der Waals surface area contributed by atoms with Crippen LogP contribution in [0, 0.1) is 0 Å². The van der Waals surface area contributed by atoms with E-state index in [1.165, 1.54) is 6.20 Å². The Hall–Kier alpha value is -1.78. The van der Waals surface area contributed by atoms with Crippen molar-refractivity contribution in [1.82, 2.24) is 15.3 Å². The van der Waals surface area contributed by atoms with Gasteiger partial charge < -0.3 is 0 Å². The Balaban J connectivity index is 3.09. The number of hydrogen-bond donors (Lipinski definition) is 0. The van der Waals surface area contributed by atoms with Gasteiger partial charge in [0.15, 0.2) is 0 Å². The number of rotatable bonds is 0. The Bertz CT molecular complexity index is 437. The molecule has 0 fully saturated rings. The molecule has 2 heterocycles. The number of nitrogens with zero attached hydrogens (tertiary/aromatic N) is 3. The maximum absolute atomic E-state index is 11.0. The van der Waals surface area contributed by atoms with Gasteiger partial charge in [-0.2, -0.15) is 0 Å². The van der Waals surface area contributed by atoms with E-state index < -0.39 is 5.56 Å². The summed E-state index contributed by atoms with van der Waals surface area (Å²) in [6.07, 6.45) is 1.39. The standard InChI is InChI=1S/C6H3N3O2/c10-6-5-4(8-11-9-5)2-1-3-7-6/h1-3H. The minimum absolute atomic E-state index is 0.162. The van der Waals surface area contributed by atoms with E-state index in [1.54, 1.807) is 12.1 Å². The largest absolute Gasteiger partial charge is 0.301 e. The lowest BCUT2D eigenvalue weighted by Gasteiger charge is -1.64. The molecule has 2 rings (SSSR count). The van der Waals surface area contributed by atoms with Gasteiger partial charge in [-0.3, -0.25) is 4.79 Å². The second-order valence-corrected chi connectivity index (χ2v) is 1.94. The van der Waals surface area contributed by atoms with Crippen molar-refractivity contribution in [2.75, 3.05) is 0 Å². The summed E-state index contributed by atoms with van der Waals surface area (Å²) in [5.41, 5.74) is 0.161. The summed E-state index contributed by atoms with van der Waals surface area (Å²) >= 11 is 0. The molecule has 11 heavy (non-hydrogen) atoms. The molecule has 0 atom stereocenters. The van der Waals surface area contributed by atoms with Crippen LogP contribution in [0.2, 0.25) is 0 Å². The molecule has 0 bridgehead atoms. The molecule has 0 unspecified atom stereocenters. The van der Waals surface area contributed by atoms with Crippen molar-refractivity contribution >= 4 is 11.0 Å². The van der Waals surface area contributed by atoms with Gasteiger partial charge in [0.2, 0.25) is 5.52 Å². The summed E-state index contributed by atoms with van der Waals surface area (Å²) in [7, 11) is 0. The molecule has 0 amide bonds. The molecule has 5 heteroatoms. The molecule has 0 aliphatic carbocycles. The average Bonchev–Trinajstić information content (AvgIpc) is 2.40. The van der Waals surface area contributed by atoms with Crippen LogP contribution in [0.5, 0.6) is 0 Å². The third kappa shape index (κ3) is 0.861. The van der Waals surface area contributed by atoms with Crippen molar-refractivity contribution in [3.8, 4) is 0 Å². The van der Waals surface area contributed by atoms with E-state index in [9.17, 15) is 4.79 Å². The van der Waals surface area contributed by atoms with Gasteiger partial charge in [-0.1, -0.05) is 0 Å². The summed E-state index contributed by atoms with van der Waals surface area (Å²) in [5.74, 6) is 0. The quantitative estimate of drug-likeness (QED) is 0.526. The highest BCUT2D eigenvalue weighted by molar-refractivity contribution is 5.70. The Morgan fingerprint density at radius 1 is 1.36 bits per heavy atom. The average molecular weight is 149 g/mol. The van der Waals surface area contributed by atoms with Gasteiger partial charge in [0.1, 0.15) is 5.52 Å². The van der Waals surface area contributed by atoms with Gasteiger partial charge in [-0.15, -0.1) is 0 Å². The molecule has 0 N–H and O–H groups in total. The smallest absolute Gasteiger partial charge is 0.265 e. The predicted octanol–water partition coefficient (Wildman–Crippen LogP) is -0.0220. The summed E-state index contributed by atoms with van der Waals surface area (Å²) in [4.78, 5) is 14.5. The fourth-order valence-corrected chi connectivity index (χ4v) is 0.759. The van der Waals surface area contributed by atoms with E-state index in [2.05, 4.69) is 19.9 Å². The van der Waals surface area contributed by atoms with Gasteiger partial charge in [0, 0.05) is 6.20 Å². The zero-order valence-electron chi connectivity index (χ0n) is 5.39. The molecule has 0 saturated heterocycles. The molecule has 0 aliphatic rings. The first-order valence-corrected chi connectivity index (χ1v) is 2.95. The molecule has 2 aromatic rings. The minimum Gasteiger partial charge on any atom is -0.265 e. The van der Waals surface area contributed by atoms with E-state index in [-0.39, 0.29) is 5.52 Å². The Morgan fingerprint density at radius 2 is 2.27 bits per heavy atom. The maximum atomic E-state index is 11.0. The van der Waals surface area contributed by atoms with Gasteiger partial charge in [-0.25, -0.2) is 9.61 Å². The van der Waals surface area contributed by atoms with E-state index >= 15 is 0 Å². The van der Waals surface area contributed by atoms with Crippen LogP contribution in [0.25, 0.3) is 11.0 Å². The van der Waals surface area contributed by atoms with Crippen molar-refractivity contribution in [3.63, 3.8) is 0 Å². The van der Waals surface area contributed by atoms with Crippen molar-refractivity contribution in [2.45, 2.75) is 0 Å². The van der Waals surface area contributed by atoms with Crippen molar-refractivity contribution in [3.05, 3.63) is 28.7 Å². The molecule has 0 spiro atoms. The first-order valence-electron chi connectivity index (χ1n) is 2.95. The fraction of sp³-hybridized carbons (Fsp3) is 0. The summed E-state index contributed by atoms with van der Waals surface area (Å²) in [6, 6.07) is 3.22. The number of aromatic nitrogens is 3. The first kappa shape index (κ1) is 5.96. The predicted molar refractivity (Wildman–Crippen MR) is 35.9 cm³/mol. The van der Waals surface area contributed by atoms with Gasteiger partial charge in [0.05, 0.1) is 0 Å². The SMILES string of the molecule is O=c1ncccc2nonc12. The van der Waals surface area contributed by atoms with Crippen LogP contribution in [0.15, 0.2) is 27.8 Å². The molecular formula is C6H3N3O2. The Kier molecular flexibility index (Phi) is 1.15. The normalized spacial score (nSPS) is 10.2. The second kappa shape index (κ2) is 2.12. The monoisotopic (exact) mass is 149 g/mol. The molecule has 5 nitrogen and oxygen atoms in total. The third-order valence-corrected chi connectivity index (χ3v) is 1.25. The lowest BCUT2D eigenvalue weighted by Crippen LogP contribution is -2.00. The second-order valence-electron chi connectivity index (χ2n) is 1.94. The van der Waals surface area contributed by atoms with Crippen molar-refractivity contribution < 1.29 is 4.63 Å². The van der Waals surface area contributed by atoms with Crippen LogP contribution < -0.4 is 5.56 Å². The van der Waals surface area contributed by atoms with Crippen molar-refractivity contribution in [1.29, 1.82) is 0 Å². The fourth-order valence-electron chi connectivity index (χ4n) is 0.759. The van der Waals surface area contributed by atoms with Gasteiger partial charge >= 0.3 is 5.56 Å². The number of hydrogen-bond acceptors (Lipinski definition) is 5. The lowest BCUT2D eigenvalue weighted by atomic mass is 10.4. The zero-order chi connectivity index (χ0) is 7.68. The summed E-state index contributed by atoms with van der Waals surface area (Å²) < 4.78 is 4.35. The molecule has 0 aliphatic heterocycles. The van der Waals surface area contributed by atoms with Crippen LogP contribution in [-0.4, -0.2) is 15.3 Å². The van der Waals surface area contributed by atoms with Crippen LogP contribution in [0.4, 0.5) is 0 Å². The third-order valence-electron chi connectivity index (χ3n) is 1.25. The molecule has 54 valence electrons. The highest BCUT2D eigenvalue weighted by atomic mass is 16.6. The van der Waals surface area contributed by atoms with Crippen LogP contribution >= 0.6 is 0 Å². The Labute approximate surface area is 60.6 Å². The van der Waals surface area contributed by atoms with Crippen molar-refractivity contribution in [2.24, 2.45) is 0 Å². The van der Waals surface area contributed by atoms with E-state index in [1.807, 2.05) is 0 Å². The van der Waals surface area contributed by atoms with E-state index in [4.69, 9.17) is 0 Å². The van der Waals surface area contributed by atoms with Crippen LogP contribution in [0.1, 0.15) is 0 Å². The summed E-state index contributed by atoms with van der Waals surface area (Å²) in [5, 5.41) is 6.89. The topological polar surface area (TPSA) is 68.9 Å². The van der Waals surface area contributed by atoms with Crippen LogP contribution in [0.3, 0.4) is 0 Å². The van der Waals surface area contributed by atoms with Crippen LogP contribution in [-0.2, 0) is 0 Å². The van der Waals surface area contributed by atoms with Gasteiger partial charge in [-0.05, 0) is 22.4 Å². The molecule has 2 aromatic heterocycles. The molecule has 0 aromatic carbocycles. The molecular weight excluding hydrogens is 146 g/mol. The highest BCUT2D eigenvalue weighted by Gasteiger charge is 2.00. The van der Waals surface area contributed by atoms with E-state index in [0.717, 1.165) is 0 Å². The maximum Gasteiger partial charge on any atom is 0.301 e. The highest BCUT2D eigenvalue weighted by Crippen LogP contribution is 1.98. The Morgan fingerprint density at radius 3 is 3.18 bits per heavy atom. The first-order chi connectivity index (χ1) is 5.38. The van der Waals surface area contributed by atoms with E-state index in [0.29, 0.717) is 5.52 Å². The van der Waals surface area contributed by atoms with Gasteiger partial charge in [0.25, 0.3) is 0 Å². The lowest BCUT2D eigenvalue weighted by molar-refractivity contribution is 0.315. The minimum atomic E-state index is -0.425. The molecule has 0 saturated carbocycles. The molecule has 0 radical (unpaired) electrons.